The van der Waals surface area contributed by atoms with E-state index >= 15 is 0 Å². The van der Waals surface area contributed by atoms with Gasteiger partial charge in [0.1, 0.15) is 0 Å². The van der Waals surface area contributed by atoms with Gasteiger partial charge in [-0.15, -0.1) is 0 Å². The standard InChI is InChI=1S/C23H22N2O2/c1-15(20-11-5-7-16-6-2-3-10-21(16)20)24-23(27)18-8-4-9-19(14-18)25-22(26)17-12-13-17/h2-11,14-15,17H,12-13H2,1H3,(H,24,27)(H,25,26). The van der Waals surface area contributed by atoms with Gasteiger partial charge in [-0.1, -0.05) is 48.5 Å². The first kappa shape index (κ1) is 17.3. The monoisotopic (exact) mass is 358 g/mol. The number of fused-ring (bicyclic) bond motifs is 1. The van der Waals surface area contributed by atoms with Crippen LogP contribution in [0.5, 0.6) is 0 Å². The van der Waals surface area contributed by atoms with Gasteiger partial charge >= 0.3 is 0 Å². The number of hydrogen-bond acceptors (Lipinski definition) is 2. The second-order valence-corrected chi connectivity index (χ2v) is 7.11. The van der Waals surface area contributed by atoms with E-state index in [1.165, 1.54) is 0 Å². The number of nitrogens with one attached hydrogen (secondary N) is 2. The molecule has 2 N–H and O–H groups in total. The first-order valence-corrected chi connectivity index (χ1v) is 9.31. The van der Waals surface area contributed by atoms with Crippen LogP contribution in [-0.4, -0.2) is 11.8 Å². The molecule has 1 saturated carbocycles. The van der Waals surface area contributed by atoms with Crippen LogP contribution in [0.3, 0.4) is 0 Å². The fraction of sp³-hybridized carbons (Fsp3) is 0.217. The lowest BCUT2D eigenvalue weighted by atomic mass is 9.99. The number of anilines is 1. The minimum absolute atomic E-state index is 0.0386. The molecule has 0 aliphatic heterocycles. The third kappa shape index (κ3) is 3.85. The topological polar surface area (TPSA) is 58.2 Å². The van der Waals surface area contributed by atoms with Gasteiger partial charge in [-0.05, 0) is 54.3 Å². The van der Waals surface area contributed by atoms with Crippen LogP contribution in [0.25, 0.3) is 10.8 Å². The van der Waals surface area contributed by atoms with Crippen LogP contribution in [0.2, 0.25) is 0 Å². The van der Waals surface area contributed by atoms with E-state index in [4.69, 9.17) is 0 Å². The van der Waals surface area contributed by atoms with Crippen molar-refractivity contribution in [3.8, 4) is 0 Å². The molecule has 3 aromatic carbocycles. The van der Waals surface area contributed by atoms with Crippen molar-refractivity contribution in [2.75, 3.05) is 5.32 Å². The van der Waals surface area contributed by atoms with Crippen molar-refractivity contribution in [2.24, 2.45) is 5.92 Å². The molecule has 1 atom stereocenters. The average Bonchev–Trinajstić information content (AvgIpc) is 3.53. The van der Waals surface area contributed by atoms with E-state index in [2.05, 4.69) is 28.8 Å². The molecule has 0 radical (unpaired) electrons. The van der Waals surface area contributed by atoms with Crippen molar-refractivity contribution in [1.82, 2.24) is 5.32 Å². The smallest absolute Gasteiger partial charge is 0.251 e. The van der Waals surface area contributed by atoms with Gasteiger partial charge in [0.2, 0.25) is 5.91 Å². The Balaban J connectivity index is 1.50. The molecule has 4 nitrogen and oxygen atoms in total. The van der Waals surface area contributed by atoms with E-state index in [0.717, 1.165) is 29.2 Å². The maximum atomic E-state index is 12.7. The minimum atomic E-state index is -0.155. The Kier molecular flexibility index (Phi) is 4.63. The Hall–Kier alpha value is -3.14. The van der Waals surface area contributed by atoms with E-state index in [1.807, 2.05) is 37.3 Å². The molecule has 1 fully saturated rings. The molecular weight excluding hydrogens is 336 g/mol. The Morgan fingerprint density at radius 1 is 0.963 bits per heavy atom. The predicted octanol–water partition coefficient (Wildman–Crippen LogP) is 4.68. The van der Waals surface area contributed by atoms with E-state index < -0.39 is 0 Å². The van der Waals surface area contributed by atoms with Crippen molar-refractivity contribution in [3.63, 3.8) is 0 Å². The van der Waals surface area contributed by atoms with Gasteiger partial charge in [0.05, 0.1) is 6.04 Å². The number of rotatable bonds is 5. The maximum Gasteiger partial charge on any atom is 0.251 e. The fourth-order valence-electron chi connectivity index (χ4n) is 3.31. The first-order valence-electron chi connectivity index (χ1n) is 9.31. The highest BCUT2D eigenvalue weighted by Gasteiger charge is 2.29. The highest BCUT2D eigenvalue weighted by Crippen LogP contribution is 2.30. The highest BCUT2D eigenvalue weighted by molar-refractivity contribution is 5.98. The molecule has 0 bridgehead atoms. The Morgan fingerprint density at radius 3 is 2.52 bits per heavy atom. The van der Waals surface area contributed by atoms with Crippen LogP contribution >= 0.6 is 0 Å². The molecule has 27 heavy (non-hydrogen) atoms. The van der Waals surface area contributed by atoms with Crippen LogP contribution in [0.15, 0.2) is 66.7 Å². The second kappa shape index (κ2) is 7.23. The third-order valence-electron chi connectivity index (χ3n) is 4.98. The zero-order valence-corrected chi connectivity index (χ0v) is 15.2. The maximum absolute atomic E-state index is 12.7. The molecule has 0 saturated heterocycles. The van der Waals surface area contributed by atoms with Gasteiger partial charge in [-0.3, -0.25) is 9.59 Å². The minimum Gasteiger partial charge on any atom is -0.345 e. The summed E-state index contributed by atoms with van der Waals surface area (Å²) < 4.78 is 0. The molecule has 1 aliphatic rings. The van der Waals surface area contributed by atoms with E-state index in [-0.39, 0.29) is 23.8 Å². The number of benzene rings is 3. The molecular formula is C23H22N2O2. The molecule has 4 rings (SSSR count). The Bertz CT molecular complexity index is 1000. The summed E-state index contributed by atoms with van der Waals surface area (Å²) >= 11 is 0. The summed E-state index contributed by atoms with van der Waals surface area (Å²) in [6.07, 6.45) is 1.91. The molecule has 0 spiro atoms. The van der Waals surface area contributed by atoms with Gasteiger partial charge < -0.3 is 10.6 Å². The molecule has 2 amide bonds. The summed E-state index contributed by atoms with van der Waals surface area (Å²) in [5.41, 5.74) is 2.28. The van der Waals surface area contributed by atoms with Gasteiger partial charge in [0.25, 0.3) is 5.91 Å². The molecule has 0 aromatic heterocycles. The molecule has 1 unspecified atom stereocenters. The second-order valence-electron chi connectivity index (χ2n) is 7.11. The van der Waals surface area contributed by atoms with Crippen LogP contribution < -0.4 is 10.6 Å². The van der Waals surface area contributed by atoms with E-state index in [1.54, 1.807) is 18.2 Å². The number of amides is 2. The van der Waals surface area contributed by atoms with Crippen molar-refractivity contribution in [3.05, 3.63) is 77.9 Å². The third-order valence-corrected chi connectivity index (χ3v) is 4.98. The lowest BCUT2D eigenvalue weighted by molar-refractivity contribution is -0.117. The van der Waals surface area contributed by atoms with Gasteiger partial charge in [0.15, 0.2) is 0 Å². The molecule has 136 valence electrons. The highest BCUT2D eigenvalue weighted by atomic mass is 16.2. The molecule has 4 heteroatoms. The summed E-state index contributed by atoms with van der Waals surface area (Å²) in [6.45, 7) is 1.98. The van der Waals surface area contributed by atoms with Crippen LogP contribution in [-0.2, 0) is 4.79 Å². The van der Waals surface area contributed by atoms with Crippen molar-refractivity contribution in [1.29, 1.82) is 0 Å². The van der Waals surface area contributed by atoms with Crippen LogP contribution in [0, 0.1) is 5.92 Å². The summed E-state index contributed by atoms with van der Waals surface area (Å²) in [6, 6.07) is 21.2. The zero-order chi connectivity index (χ0) is 18.8. The number of carbonyl (C=O) groups excluding carboxylic acids is 2. The first-order chi connectivity index (χ1) is 13.1. The van der Waals surface area contributed by atoms with Crippen molar-refractivity contribution < 1.29 is 9.59 Å². The summed E-state index contributed by atoms with van der Waals surface area (Å²) in [7, 11) is 0. The quantitative estimate of drug-likeness (QED) is 0.696. The average molecular weight is 358 g/mol. The van der Waals surface area contributed by atoms with E-state index in [9.17, 15) is 9.59 Å². The number of carbonyl (C=O) groups is 2. The Labute approximate surface area is 158 Å². The SMILES string of the molecule is CC(NC(=O)c1cccc(NC(=O)C2CC2)c1)c1cccc2ccccc12. The molecule has 1 aliphatic carbocycles. The van der Waals surface area contributed by atoms with Gasteiger partial charge in [-0.25, -0.2) is 0 Å². The normalized spacial score (nSPS) is 14.6. The van der Waals surface area contributed by atoms with Gasteiger partial charge in [-0.2, -0.15) is 0 Å². The lowest BCUT2D eigenvalue weighted by Crippen LogP contribution is -2.27. The van der Waals surface area contributed by atoms with E-state index in [0.29, 0.717) is 11.3 Å². The fourth-order valence-corrected chi connectivity index (χ4v) is 3.31. The van der Waals surface area contributed by atoms with Gasteiger partial charge in [0, 0.05) is 17.2 Å². The molecule has 0 heterocycles. The van der Waals surface area contributed by atoms with Crippen molar-refractivity contribution >= 4 is 28.3 Å². The van der Waals surface area contributed by atoms with Crippen LogP contribution in [0.1, 0.15) is 41.7 Å². The number of hydrogen-bond donors (Lipinski definition) is 2. The summed E-state index contributed by atoms with van der Waals surface area (Å²) in [5, 5.41) is 8.25. The zero-order valence-electron chi connectivity index (χ0n) is 15.2. The molecule has 3 aromatic rings. The Morgan fingerprint density at radius 2 is 1.70 bits per heavy atom. The predicted molar refractivity (Wildman–Crippen MR) is 108 cm³/mol. The largest absolute Gasteiger partial charge is 0.345 e. The summed E-state index contributed by atoms with van der Waals surface area (Å²) in [4.78, 5) is 24.7. The lowest BCUT2D eigenvalue weighted by Gasteiger charge is -2.17. The summed E-state index contributed by atoms with van der Waals surface area (Å²) in [5.74, 6) is 0.0171. The van der Waals surface area contributed by atoms with Crippen LogP contribution in [0.4, 0.5) is 5.69 Å². The van der Waals surface area contributed by atoms with Crippen molar-refractivity contribution in [2.45, 2.75) is 25.8 Å².